The Labute approximate surface area is 207 Å². The second-order valence-electron chi connectivity index (χ2n) is 8.33. The summed E-state index contributed by atoms with van der Waals surface area (Å²) in [6.07, 6.45) is 5.11. The number of carbonyl (C=O) groups excluding carboxylic acids is 2. The minimum atomic E-state index is -0.509. The summed E-state index contributed by atoms with van der Waals surface area (Å²) in [7, 11) is 1.61. The van der Waals surface area contributed by atoms with Crippen molar-refractivity contribution in [3.8, 4) is 11.8 Å². The summed E-state index contributed by atoms with van der Waals surface area (Å²) in [6.45, 7) is 1.82. The van der Waals surface area contributed by atoms with Gasteiger partial charge in [0, 0.05) is 30.1 Å². The minimum Gasteiger partial charge on any atom is -0.497 e. The number of H-pyrrole nitrogens is 1. The third-order valence-electron chi connectivity index (χ3n) is 5.90. The average Bonchev–Trinajstić information content (AvgIpc) is 3.50. The lowest BCUT2D eigenvalue weighted by molar-refractivity contribution is -0.116. The number of nitrogens with zero attached hydrogens (tertiary/aromatic N) is 2. The second kappa shape index (κ2) is 11.1. The van der Waals surface area contributed by atoms with Crippen LogP contribution in [0.5, 0.6) is 5.75 Å². The van der Waals surface area contributed by atoms with Crippen LogP contribution in [0.4, 0.5) is 9.80 Å². The summed E-state index contributed by atoms with van der Waals surface area (Å²) >= 11 is 1.38. The van der Waals surface area contributed by atoms with E-state index in [4.69, 9.17) is 9.47 Å². The molecule has 2 heterocycles. The highest BCUT2D eigenvalue weighted by Crippen LogP contribution is 2.38. The van der Waals surface area contributed by atoms with Crippen LogP contribution < -0.4 is 15.4 Å². The Balaban J connectivity index is 1.34. The van der Waals surface area contributed by atoms with Crippen molar-refractivity contribution in [2.75, 3.05) is 12.4 Å². The lowest BCUT2D eigenvalue weighted by atomic mass is 9.94. The number of amides is 2. The summed E-state index contributed by atoms with van der Waals surface area (Å²) in [5.41, 5.74) is 2.45. The number of rotatable bonds is 8. The fourth-order valence-corrected chi connectivity index (χ4v) is 5.36. The van der Waals surface area contributed by atoms with Gasteiger partial charge in [0.25, 0.3) is 0 Å². The first-order valence-corrected chi connectivity index (χ1v) is 12.2. The van der Waals surface area contributed by atoms with Crippen LogP contribution in [0, 0.1) is 11.3 Å². The van der Waals surface area contributed by atoms with Crippen molar-refractivity contribution in [1.82, 2.24) is 15.3 Å². The van der Waals surface area contributed by atoms with E-state index in [0.29, 0.717) is 48.5 Å². The number of benzene rings is 1. The van der Waals surface area contributed by atoms with Crippen molar-refractivity contribution in [2.45, 2.75) is 51.2 Å². The van der Waals surface area contributed by atoms with Gasteiger partial charge in [0.05, 0.1) is 18.7 Å². The number of ether oxygens (including phenoxy) is 2. The Bertz CT molecular complexity index is 1230. The maximum absolute atomic E-state index is 12.6. The van der Waals surface area contributed by atoms with Gasteiger partial charge in [0.1, 0.15) is 28.7 Å². The Morgan fingerprint density at radius 1 is 1.40 bits per heavy atom. The number of carbonyl (C=O) groups is 2. The summed E-state index contributed by atoms with van der Waals surface area (Å²) in [4.78, 5) is 33.0. The molecular weight excluding hydrogens is 466 g/mol. The van der Waals surface area contributed by atoms with Gasteiger partial charge in [0.2, 0.25) is 5.91 Å². The lowest BCUT2D eigenvalue weighted by Gasteiger charge is -2.23. The summed E-state index contributed by atoms with van der Waals surface area (Å²) < 4.78 is 10.8. The van der Waals surface area contributed by atoms with Crippen LogP contribution in [-0.2, 0) is 28.8 Å². The molecule has 0 spiro atoms. The van der Waals surface area contributed by atoms with Gasteiger partial charge in [-0.15, -0.1) is 11.3 Å². The molecule has 3 aromatic rings. The van der Waals surface area contributed by atoms with Crippen LogP contribution in [0.3, 0.4) is 0 Å². The minimum absolute atomic E-state index is 0.151. The van der Waals surface area contributed by atoms with Crippen molar-refractivity contribution < 1.29 is 19.1 Å². The van der Waals surface area contributed by atoms with Crippen LogP contribution in [-0.4, -0.2) is 35.2 Å². The Morgan fingerprint density at radius 2 is 2.26 bits per heavy atom. The van der Waals surface area contributed by atoms with E-state index in [1.807, 2.05) is 31.2 Å². The molecular formula is C25H27N5O4S. The van der Waals surface area contributed by atoms with Crippen molar-refractivity contribution in [1.29, 1.82) is 5.26 Å². The Hall–Kier alpha value is -3.84. The lowest BCUT2D eigenvalue weighted by Crippen LogP contribution is -2.33. The average molecular weight is 494 g/mol. The normalized spacial score (nSPS) is 15.4. The molecule has 182 valence electrons. The van der Waals surface area contributed by atoms with E-state index in [1.54, 1.807) is 19.5 Å². The number of anilines is 1. The topological polar surface area (TPSA) is 129 Å². The van der Waals surface area contributed by atoms with E-state index in [0.717, 1.165) is 21.8 Å². The van der Waals surface area contributed by atoms with E-state index in [1.165, 1.54) is 11.3 Å². The Morgan fingerprint density at radius 3 is 3.00 bits per heavy atom. The summed E-state index contributed by atoms with van der Waals surface area (Å²) in [6, 6.07) is 9.55. The fourth-order valence-electron chi connectivity index (χ4n) is 4.08. The second-order valence-corrected chi connectivity index (χ2v) is 9.44. The number of methoxy groups -OCH3 is 1. The van der Waals surface area contributed by atoms with Crippen LogP contribution in [0.2, 0.25) is 0 Å². The molecule has 2 amide bonds. The predicted molar refractivity (Wildman–Crippen MR) is 131 cm³/mol. The number of nitriles is 1. The molecule has 0 radical (unpaired) electrons. The molecule has 10 heteroatoms. The zero-order valence-electron chi connectivity index (χ0n) is 19.6. The number of imidazole rings is 1. The largest absolute Gasteiger partial charge is 0.497 e. The van der Waals surface area contributed by atoms with Crippen LogP contribution in [0.25, 0.3) is 0 Å². The van der Waals surface area contributed by atoms with Crippen LogP contribution in [0.1, 0.15) is 53.2 Å². The van der Waals surface area contributed by atoms with Gasteiger partial charge in [-0.05, 0) is 49.4 Å². The molecule has 1 aliphatic rings. The van der Waals surface area contributed by atoms with Gasteiger partial charge in [-0.2, -0.15) is 5.26 Å². The maximum Gasteiger partial charge on any atom is 0.408 e. The highest BCUT2D eigenvalue weighted by Gasteiger charge is 2.29. The van der Waals surface area contributed by atoms with E-state index in [2.05, 4.69) is 26.7 Å². The molecule has 0 saturated carbocycles. The van der Waals surface area contributed by atoms with Gasteiger partial charge < -0.3 is 25.1 Å². The van der Waals surface area contributed by atoms with Gasteiger partial charge in [-0.1, -0.05) is 12.1 Å². The van der Waals surface area contributed by atoms with E-state index < -0.39 is 6.09 Å². The standard InChI is InChI=1S/C25H27N5O4S/c1-15(23-27-10-11-28-23)29-25(32)34-18-7-8-19-20(14-26)24(35-21(19)13-18)30-22(31)9-6-16-4-3-5-17(12-16)33-2/h3-5,10-12,15,18H,6-9,13H2,1-2H3,(H,27,28)(H,29,32)(H,30,31). The first-order chi connectivity index (χ1) is 17.0. The number of alkyl carbamates (subject to hydrolysis) is 1. The molecule has 0 saturated heterocycles. The van der Waals surface area contributed by atoms with Gasteiger partial charge in [-0.3, -0.25) is 4.79 Å². The number of hydrogen-bond donors (Lipinski definition) is 3. The zero-order chi connectivity index (χ0) is 24.8. The monoisotopic (exact) mass is 493 g/mol. The Kier molecular flexibility index (Phi) is 7.67. The number of nitrogens with one attached hydrogen (secondary N) is 3. The molecule has 1 aliphatic carbocycles. The van der Waals surface area contributed by atoms with Crippen LogP contribution in [0.15, 0.2) is 36.7 Å². The van der Waals surface area contributed by atoms with E-state index in [9.17, 15) is 14.9 Å². The number of aromatic amines is 1. The molecule has 35 heavy (non-hydrogen) atoms. The molecule has 0 bridgehead atoms. The van der Waals surface area contributed by atoms with Gasteiger partial charge >= 0.3 is 6.09 Å². The molecule has 3 N–H and O–H groups in total. The molecule has 2 aromatic heterocycles. The number of aromatic nitrogens is 2. The first kappa shape index (κ1) is 24.3. The summed E-state index contributed by atoms with van der Waals surface area (Å²) in [5.74, 6) is 1.25. The molecule has 2 atom stereocenters. The van der Waals surface area contributed by atoms with Gasteiger partial charge in [-0.25, -0.2) is 9.78 Å². The maximum atomic E-state index is 12.6. The smallest absolute Gasteiger partial charge is 0.408 e. The zero-order valence-corrected chi connectivity index (χ0v) is 20.4. The van der Waals surface area contributed by atoms with E-state index in [-0.39, 0.29) is 18.1 Å². The fraction of sp³-hybridized carbons (Fsp3) is 0.360. The number of hydrogen-bond acceptors (Lipinski definition) is 7. The SMILES string of the molecule is COc1cccc(CCC(=O)Nc2sc3c(c2C#N)CCC(OC(=O)NC(C)c2ncc[nH]2)C3)c1. The third-order valence-corrected chi connectivity index (χ3v) is 7.07. The molecule has 2 unspecified atom stereocenters. The molecule has 1 aromatic carbocycles. The summed E-state index contributed by atoms with van der Waals surface area (Å²) in [5, 5.41) is 16.0. The third kappa shape index (κ3) is 6.00. The highest BCUT2D eigenvalue weighted by molar-refractivity contribution is 7.16. The predicted octanol–water partition coefficient (Wildman–Crippen LogP) is 4.27. The van der Waals surface area contributed by atoms with E-state index >= 15 is 0 Å². The van der Waals surface area contributed by atoms with Crippen LogP contribution >= 0.6 is 11.3 Å². The van der Waals surface area contributed by atoms with Crippen molar-refractivity contribution >= 4 is 28.3 Å². The first-order valence-electron chi connectivity index (χ1n) is 11.4. The quantitative estimate of drug-likeness (QED) is 0.430. The molecule has 0 aliphatic heterocycles. The molecule has 9 nitrogen and oxygen atoms in total. The molecule has 4 rings (SSSR count). The molecule has 0 fully saturated rings. The number of fused-ring (bicyclic) bond motifs is 1. The number of thiophene rings is 1. The number of aryl methyl sites for hydroxylation is 1. The van der Waals surface area contributed by atoms with Gasteiger partial charge in [0.15, 0.2) is 0 Å². The van der Waals surface area contributed by atoms with Crippen molar-refractivity contribution in [2.24, 2.45) is 0 Å². The van der Waals surface area contributed by atoms with Crippen molar-refractivity contribution in [3.63, 3.8) is 0 Å². The highest BCUT2D eigenvalue weighted by atomic mass is 32.1. The van der Waals surface area contributed by atoms with Crippen molar-refractivity contribution in [3.05, 3.63) is 64.1 Å².